The van der Waals surface area contributed by atoms with Gasteiger partial charge in [0, 0.05) is 5.92 Å². The first-order valence-corrected chi connectivity index (χ1v) is 13.9. The first kappa shape index (κ1) is 23.2. The Bertz CT molecular complexity index is 1370. The Morgan fingerprint density at radius 1 is 0.667 bits per heavy atom. The lowest BCUT2D eigenvalue weighted by Crippen LogP contribution is -2.24. The Morgan fingerprint density at radius 3 is 1.67 bits per heavy atom. The third-order valence-electron chi connectivity index (χ3n) is 5.91. The van der Waals surface area contributed by atoms with Gasteiger partial charge in [0.15, 0.2) is 0 Å². The molecule has 0 saturated carbocycles. The van der Waals surface area contributed by atoms with E-state index in [-0.39, 0.29) is 25.5 Å². The second kappa shape index (κ2) is 9.49. The molecule has 3 aromatic rings. The van der Waals surface area contributed by atoms with Crippen molar-refractivity contribution in [1.82, 2.24) is 0 Å². The highest BCUT2D eigenvalue weighted by molar-refractivity contribution is 7.96. The van der Waals surface area contributed by atoms with E-state index in [4.69, 9.17) is 0 Å². The fourth-order valence-corrected chi connectivity index (χ4v) is 7.55. The first-order chi connectivity index (χ1) is 15.9. The predicted octanol–water partition coefficient (Wildman–Crippen LogP) is 5.92. The molecule has 4 rings (SSSR count). The molecule has 0 bridgehead atoms. The first-order valence-electron chi connectivity index (χ1n) is 10.9. The van der Waals surface area contributed by atoms with E-state index in [0.717, 1.165) is 12.0 Å². The van der Waals surface area contributed by atoms with E-state index in [1.807, 2.05) is 37.3 Å². The second-order valence-electron chi connectivity index (χ2n) is 8.09. The Hall–Kier alpha value is -2.96. The fourth-order valence-electron chi connectivity index (χ4n) is 4.33. The lowest BCUT2D eigenvalue weighted by atomic mass is 9.80. The van der Waals surface area contributed by atoms with Gasteiger partial charge in [0.1, 0.15) is 0 Å². The molecule has 1 aliphatic rings. The Balaban J connectivity index is 1.95. The quantitative estimate of drug-likeness (QED) is 0.423. The normalized spacial score (nSPS) is 18.9. The zero-order valence-corrected chi connectivity index (χ0v) is 20.0. The number of rotatable bonds is 7. The van der Waals surface area contributed by atoms with E-state index in [1.54, 1.807) is 54.6 Å². The van der Waals surface area contributed by atoms with Gasteiger partial charge in [-0.1, -0.05) is 86.2 Å². The van der Waals surface area contributed by atoms with Crippen molar-refractivity contribution in [2.24, 2.45) is 5.92 Å². The Morgan fingerprint density at radius 2 is 1.15 bits per heavy atom. The molecular formula is C27H26O4S2. The average molecular weight is 479 g/mol. The smallest absolute Gasteiger partial charge is 0.206 e. The monoisotopic (exact) mass is 478 g/mol. The molecule has 2 atom stereocenters. The zero-order valence-electron chi connectivity index (χ0n) is 18.3. The Kier molecular flexibility index (Phi) is 6.68. The van der Waals surface area contributed by atoms with Crippen LogP contribution < -0.4 is 0 Å². The SMILES string of the molecule is CCC[C@@H]1C=C(S(=O)(=O)c2ccccc2)C=C(S(=O)(=O)c2ccccc2)[C@H]1c1ccccc1. The molecule has 0 aliphatic heterocycles. The van der Waals surface area contributed by atoms with Crippen molar-refractivity contribution >= 4 is 19.7 Å². The average Bonchev–Trinajstić information content (AvgIpc) is 2.85. The van der Waals surface area contributed by atoms with Gasteiger partial charge in [-0.3, -0.25) is 0 Å². The number of hydrogen-bond donors (Lipinski definition) is 0. The lowest BCUT2D eigenvalue weighted by Gasteiger charge is -2.31. The van der Waals surface area contributed by atoms with Gasteiger partial charge in [-0.05, 0) is 48.2 Å². The van der Waals surface area contributed by atoms with Crippen LogP contribution in [-0.2, 0) is 19.7 Å². The van der Waals surface area contributed by atoms with E-state index in [1.165, 1.54) is 18.2 Å². The number of sulfone groups is 2. The van der Waals surface area contributed by atoms with Crippen molar-refractivity contribution in [3.05, 3.63) is 119 Å². The standard InChI is InChI=1S/C27H26O4S2/c1-2-12-22-19-25(32(28,29)23-15-8-4-9-16-23)20-26(27(22)21-13-6-3-7-14-21)33(30,31)24-17-10-5-11-18-24/h3-11,13-20,22,27H,2,12H2,1H3/t22-,27+/m1/s1. The molecule has 0 spiro atoms. The molecule has 6 heteroatoms. The van der Waals surface area contributed by atoms with Crippen molar-refractivity contribution in [2.75, 3.05) is 0 Å². The van der Waals surface area contributed by atoms with Gasteiger partial charge in [0.25, 0.3) is 0 Å². The summed E-state index contributed by atoms with van der Waals surface area (Å²) in [5.74, 6) is -0.740. The molecule has 0 heterocycles. The van der Waals surface area contributed by atoms with Gasteiger partial charge in [0.2, 0.25) is 19.7 Å². The van der Waals surface area contributed by atoms with Crippen LogP contribution in [0.25, 0.3) is 0 Å². The topological polar surface area (TPSA) is 68.3 Å². The highest BCUT2D eigenvalue weighted by atomic mass is 32.2. The highest BCUT2D eigenvalue weighted by Crippen LogP contribution is 2.45. The van der Waals surface area contributed by atoms with Gasteiger partial charge < -0.3 is 0 Å². The highest BCUT2D eigenvalue weighted by Gasteiger charge is 2.38. The maximum absolute atomic E-state index is 13.8. The van der Waals surface area contributed by atoms with Crippen LogP contribution in [0.15, 0.2) is 123 Å². The summed E-state index contributed by atoms with van der Waals surface area (Å²) >= 11 is 0. The van der Waals surface area contributed by atoms with E-state index < -0.39 is 25.6 Å². The number of allylic oxidation sites excluding steroid dienone is 3. The maximum atomic E-state index is 13.8. The molecule has 0 amide bonds. The van der Waals surface area contributed by atoms with Gasteiger partial charge in [-0.25, -0.2) is 16.8 Å². The molecule has 170 valence electrons. The van der Waals surface area contributed by atoms with Crippen molar-refractivity contribution in [3.63, 3.8) is 0 Å². The van der Waals surface area contributed by atoms with Crippen LogP contribution in [0.2, 0.25) is 0 Å². The minimum Gasteiger partial charge on any atom is -0.219 e. The third-order valence-corrected chi connectivity index (χ3v) is 9.56. The van der Waals surface area contributed by atoms with E-state index >= 15 is 0 Å². The van der Waals surface area contributed by atoms with Crippen LogP contribution in [0.4, 0.5) is 0 Å². The summed E-state index contributed by atoms with van der Waals surface area (Å²) in [4.78, 5) is 0.465. The molecule has 33 heavy (non-hydrogen) atoms. The van der Waals surface area contributed by atoms with Gasteiger partial charge in [-0.2, -0.15) is 0 Å². The summed E-state index contributed by atoms with van der Waals surface area (Å²) in [6.07, 6.45) is 4.57. The van der Waals surface area contributed by atoms with Crippen LogP contribution in [0.1, 0.15) is 31.2 Å². The zero-order chi connectivity index (χ0) is 23.5. The van der Waals surface area contributed by atoms with Crippen molar-refractivity contribution in [3.8, 4) is 0 Å². The molecule has 0 fully saturated rings. The van der Waals surface area contributed by atoms with Crippen LogP contribution in [-0.4, -0.2) is 16.8 Å². The summed E-state index contributed by atoms with van der Waals surface area (Å²) in [5, 5.41) is 0. The summed E-state index contributed by atoms with van der Waals surface area (Å²) in [7, 11) is -7.80. The summed E-state index contributed by atoms with van der Waals surface area (Å²) in [5.41, 5.74) is 0.856. The largest absolute Gasteiger partial charge is 0.219 e. The van der Waals surface area contributed by atoms with Crippen LogP contribution in [0.5, 0.6) is 0 Å². The van der Waals surface area contributed by atoms with Crippen LogP contribution in [0.3, 0.4) is 0 Å². The van der Waals surface area contributed by atoms with E-state index in [2.05, 4.69) is 0 Å². The maximum Gasteiger partial charge on any atom is 0.206 e. The minimum atomic E-state index is -3.93. The molecule has 4 nitrogen and oxygen atoms in total. The number of hydrogen-bond acceptors (Lipinski definition) is 4. The molecule has 3 aromatic carbocycles. The molecule has 0 aromatic heterocycles. The van der Waals surface area contributed by atoms with Crippen molar-refractivity contribution in [2.45, 2.75) is 35.5 Å². The molecule has 1 aliphatic carbocycles. The number of benzene rings is 3. The lowest BCUT2D eigenvalue weighted by molar-refractivity contribution is 0.509. The third kappa shape index (κ3) is 4.59. The summed E-state index contributed by atoms with van der Waals surface area (Å²) in [6, 6.07) is 25.8. The molecule has 0 unspecified atom stereocenters. The van der Waals surface area contributed by atoms with Gasteiger partial charge in [0.05, 0.1) is 19.6 Å². The van der Waals surface area contributed by atoms with Crippen molar-refractivity contribution < 1.29 is 16.8 Å². The summed E-state index contributed by atoms with van der Waals surface area (Å²) in [6.45, 7) is 2.02. The molecule has 0 radical (unpaired) electrons. The minimum absolute atomic E-state index is 0.0360. The van der Waals surface area contributed by atoms with Gasteiger partial charge >= 0.3 is 0 Å². The van der Waals surface area contributed by atoms with Crippen LogP contribution >= 0.6 is 0 Å². The van der Waals surface area contributed by atoms with E-state index in [9.17, 15) is 16.8 Å². The Labute approximate surface area is 196 Å². The summed E-state index contributed by atoms with van der Waals surface area (Å²) < 4.78 is 54.6. The molecule has 0 saturated heterocycles. The molecular weight excluding hydrogens is 452 g/mol. The van der Waals surface area contributed by atoms with E-state index in [0.29, 0.717) is 6.42 Å². The van der Waals surface area contributed by atoms with Gasteiger partial charge in [-0.15, -0.1) is 0 Å². The molecule has 0 N–H and O–H groups in total. The van der Waals surface area contributed by atoms with Crippen LogP contribution in [0, 0.1) is 5.92 Å². The van der Waals surface area contributed by atoms with Crippen molar-refractivity contribution in [1.29, 1.82) is 0 Å². The second-order valence-corrected chi connectivity index (χ2v) is 12.0. The fraction of sp³-hybridized carbons (Fsp3) is 0.185. The predicted molar refractivity (Wildman–Crippen MR) is 131 cm³/mol.